The fourth-order valence-corrected chi connectivity index (χ4v) is 3.09. The largest absolute Gasteiger partial charge is 0.370 e. The lowest BCUT2D eigenvalue weighted by Gasteiger charge is -2.47. The SMILES string of the molecule is COC1(C(C)=O)CCCCC1C(C)(C)C. The maximum atomic E-state index is 11.9. The third kappa shape index (κ3) is 2.25. The van der Waals surface area contributed by atoms with Gasteiger partial charge in [-0.2, -0.15) is 0 Å². The highest BCUT2D eigenvalue weighted by Gasteiger charge is 2.49. The van der Waals surface area contributed by atoms with Gasteiger partial charge < -0.3 is 4.74 Å². The van der Waals surface area contributed by atoms with E-state index in [-0.39, 0.29) is 11.2 Å². The highest BCUT2D eigenvalue weighted by Crippen LogP contribution is 2.46. The van der Waals surface area contributed by atoms with Crippen LogP contribution in [-0.4, -0.2) is 18.5 Å². The van der Waals surface area contributed by atoms with Crippen LogP contribution < -0.4 is 0 Å². The van der Waals surface area contributed by atoms with Gasteiger partial charge >= 0.3 is 0 Å². The molecule has 0 aromatic carbocycles. The number of Topliss-reactive ketones (excluding diaryl/α,β-unsaturated/α-hetero) is 1. The molecule has 2 heteroatoms. The molecule has 88 valence electrons. The molecule has 15 heavy (non-hydrogen) atoms. The third-order valence-corrected chi connectivity index (χ3v) is 3.86. The third-order valence-electron chi connectivity index (χ3n) is 3.86. The Balaban J connectivity index is 3.04. The van der Waals surface area contributed by atoms with Crippen LogP contribution in [0.2, 0.25) is 0 Å². The zero-order valence-electron chi connectivity index (χ0n) is 10.7. The minimum Gasteiger partial charge on any atom is -0.370 e. The Morgan fingerprint density at radius 1 is 1.33 bits per heavy atom. The van der Waals surface area contributed by atoms with E-state index in [1.165, 1.54) is 6.42 Å². The minimum absolute atomic E-state index is 0.141. The Morgan fingerprint density at radius 3 is 2.27 bits per heavy atom. The average Bonchev–Trinajstić information content (AvgIpc) is 2.16. The molecule has 0 saturated heterocycles. The zero-order chi connectivity index (χ0) is 11.7. The first-order valence-electron chi connectivity index (χ1n) is 5.91. The Labute approximate surface area is 93.4 Å². The van der Waals surface area contributed by atoms with E-state index in [9.17, 15) is 4.79 Å². The van der Waals surface area contributed by atoms with Gasteiger partial charge in [0, 0.05) is 7.11 Å². The van der Waals surface area contributed by atoms with Crippen molar-refractivity contribution in [3.8, 4) is 0 Å². The van der Waals surface area contributed by atoms with Crippen LogP contribution in [0.1, 0.15) is 53.4 Å². The maximum Gasteiger partial charge on any atom is 0.161 e. The molecule has 0 spiro atoms. The fourth-order valence-electron chi connectivity index (χ4n) is 3.09. The van der Waals surface area contributed by atoms with Crippen molar-refractivity contribution in [2.75, 3.05) is 7.11 Å². The molecule has 2 nitrogen and oxygen atoms in total. The minimum atomic E-state index is -0.517. The van der Waals surface area contributed by atoms with E-state index >= 15 is 0 Å². The van der Waals surface area contributed by atoms with E-state index in [1.54, 1.807) is 14.0 Å². The van der Waals surface area contributed by atoms with Crippen LogP contribution in [0.3, 0.4) is 0 Å². The number of rotatable bonds is 2. The molecule has 0 amide bonds. The Bertz CT molecular complexity index is 239. The lowest BCUT2D eigenvalue weighted by Crippen LogP contribution is -2.53. The molecule has 1 saturated carbocycles. The summed E-state index contributed by atoms with van der Waals surface area (Å²) >= 11 is 0. The number of ketones is 1. The molecule has 1 fully saturated rings. The number of hydrogen-bond acceptors (Lipinski definition) is 2. The summed E-state index contributed by atoms with van der Waals surface area (Å²) < 4.78 is 5.63. The molecule has 0 heterocycles. The average molecular weight is 212 g/mol. The summed E-state index contributed by atoms with van der Waals surface area (Å²) in [6.07, 6.45) is 4.33. The van der Waals surface area contributed by atoms with Crippen LogP contribution in [0.5, 0.6) is 0 Å². The van der Waals surface area contributed by atoms with E-state index in [2.05, 4.69) is 20.8 Å². The van der Waals surface area contributed by atoms with E-state index in [0.29, 0.717) is 5.92 Å². The van der Waals surface area contributed by atoms with Gasteiger partial charge in [0.15, 0.2) is 5.78 Å². The molecule has 1 rings (SSSR count). The van der Waals surface area contributed by atoms with Gasteiger partial charge in [0.1, 0.15) is 5.60 Å². The summed E-state index contributed by atoms with van der Waals surface area (Å²) in [4.78, 5) is 11.9. The summed E-state index contributed by atoms with van der Waals surface area (Å²) in [5, 5.41) is 0. The number of methoxy groups -OCH3 is 1. The van der Waals surface area contributed by atoms with Crippen LogP contribution >= 0.6 is 0 Å². The number of carbonyl (C=O) groups excluding carboxylic acids is 1. The molecule has 0 radical (unpaired) electrons. The zero-order valence-corrected chi connectivity index (χ0v) is 10.7. The van der Waals surface area contributed by atoms with E-state index in [1.807, 2.05) is 0 Å². The van der Waals surface area contributed by atoms with Crippen molar-refractivity contribution in [1.29, 1.82) is 0 Å². The topological polar surface area (TPSA) is 26.3 Å². The van der Waals surface area contributed by atoms with Gasteiger partial charge in [0.2, 0.25) is 0 Å². The van der Waals surface area contributed by atoms with Gasteiger partial charge in [-0.1, -0.05) is 33.6 Å². The first-order chi connectivity index (χ1) is 6.84. The monoisotopic (exact) mass is 212 g/mol. The van der Waals surface area contributed by atoms with Gasteiger partial charge in [-0.15, -0.1) is 0 Å². The molecule has 1 aliphatic rings. The van der Waals surface area contributed by atoms with Gasteiger partial charge in [-0.05, 0) is 31.1 Å². The van der Waals surface area contributed by atoms with Crippen molar-refractivity contribution in [2.45, 2.75) is 59.0 Å². The van der Waals surface area contributed by atoms with Crippen LogP contribution in [-0.2, 0) is 9.53 Å². The first-order valence-corrected chi connectivity index (χ1v) is 5.91. The van der Waals surface area contributed by atoms with Crippen molar-refractivity contribution in [3.05, 3.63) is 0 Å². The van der Waals surface area contributed by atoms with E-state index in [0.717, 1.165) is 19.3 Å². The standard InChI is InChI=1S/C13H24O2/c1-10(14)13(15-5)9-7-6-8-11(13)12(2,3)4/h11H,6-9H2,1-5H3. The van der Waals surface area contributed by atoms with Gasteiger partial charge in [0.25, 0.3) is 0 Å². The normalized spacial score (nSPS) is 32.7. The van der Waals surface area contributed by atoms with Crippen molar-refractivity contribution < 1.29 is 9.53 Å². The fraction of sp³-hybridized carbons (Fsp3) is 0.923. The van der Waals surface area contributed by atoms with Gasteiger partial charge in [-0.3, -0.25) is 4.79 Å². The van der Waals surface area contributed by atoms with Crippen molar-refractivity contribution in [3.63, 3.8) is 0 Å². The van der Waals surface area contributed by atoms with Gasteiger partial charge in [0.05, 0.1) is 0 Å². The van der Waals surface area contributed by atoms with Crippen molar-refractivity contribution in [2.24, 2.45) is 11.3 Å². The number of hydrogen-bond donors (Lipinski definition) is 0. The van der Waals surface area contributed by atoms with Crippen molar-refractivity contribution in [1.82, 2.24) is 0 Å². The summed E-state index contributed by atoms with van der Waals surface area (Å²) in [6.45, 7) is 8.30. The lowest BCUT2D eigenvalue weighted by atomic mass is 9.62. The summed E-state index contributed by atoms with van der Waals surface area (Å²) in [5.74, 6) is 0.547. The lowest BCUT2D eigenvalue weighted by molar-refractivity contribution is -0.160. The highest BCUT2D eigenvalue weighted by atomic mass is 16.5. The molecule has 2 atom stereocenters. The Morgan fingerprint density at radius 2 is 1.93 bits per heavy atom. The predicted molar refractivity (Wildman–Crippen MR) is 61.8 cm³/mol. The van der Waals surface area contributed by atoms with Gasteiger partial charge in [-0.25, -0.2) is 0 Å². The maximum absolute atomic E-state index is 11.9. The van der Waals surface area contributed by atoms with Crippen LogP contribution in [0, 0.1) is 11.3 Å². The second-order valence-electron chi connectivity index (χ2n) is 5.81. The predicted octanol–water partition coefficient (Wildman–Crippen LogP) is 3.20. The van der Waals surface area contributed by atoms with Crippen molar-refractivity contribution >= 4 is 5.78 Å². The second-order valence-corrected chi connectivity index (χ2v) is 5.81. The molecule has 0 N–H and O–H groups in total. The van der Waals surface area contributed by atoms with Crippen LogP contribution in [0.25, 0.3) is 0 Å². The molecule has 1 aliphatic carbocycles. The summed E-state index contributed by atoms with van der Waals surface area (Å²) in [7, 11) is 1.69. The number of ether oxygens (including phenoxy) is 1. The molecule has 0 aromatic rings. The molecule has 2 unspecified atom stereocenters. The highest BCUT2D eigenvalue weighted by molar-refractivity contribution is 5.85. The molecule has 0 aliphatic heterocycles. The Kier molecular flexibility index (Phi) is 3.59. The first kappa shape index (κ1) is 12.7. The summed E-state index contributed by atoms with van der Waals surface area (Å²) in [6, 6.07) is 0. The Hall–Kier alpha value is -0.370. The summed E-state index contributed by atoms with van der Waals surface area (Å²) in [5.41, 5.74) is -0.376. The number of carbonyl (C=O) groups is 1. The second kappa shape index (κ2) is 4.25. The molecular formula is C13H24O2. The molecule has 0 aromatic heterocycles. The van der Waals surface area contributed by atoms with Crippen LogP contribution in [0.4, 0.5) is 0 Å². The van der Waals surface area contributed by atoms with E-state index in [4.69, 9.17) is 4.74 Å². The molecule has 0 bridgehead atoms. The van der Waals surface area contributed by atoms with Crippen LogP contribution in [0.15, 0.2) is 0 Å². The molecular weight excluding hydrogens is 188 g/mol. The quantitative estimate of drug-likeness (QED) is 0.702. The van der Waals surface area contributed by atoms with E-state index < -0.39 is 5.60 Å². The smallest absolute Gasteiger partial charge is 0.161 e.